The first-order valence-electron chi connectivity index (χ1n) is 11.0. The Labute approximate surface area is 194 Å². The predicted octanol–water partition coefficient (Wildman–Crippen LogP) is 4.74. The van der Waals surface area contributed by atoms with Gasteiger partial charge in [-0.1, -0.05) is 12.1 Å². The van der Waals surface area contributed by atoms with Crippen LogP contribution in [0.1, 0.15) is 35.2 Å². The minimum absolute atomic E-state index is 0.0211. The van der Waals surface area contributed by atoms with E-state index in [1.807, 2.05) is 24.3 Å². The molecule has 33 heavy (non-hydrogen) atoms. The zero-order valence-electron chi connectivity index (χ0n) is 18.0. The Balaban J connectivity index is 1.22. The van der Waals surface area contributed by atoms with Gasteiger partial charge in [0.2, 0.25) is 5.91 Å². The Bertz CT molecular complexity index is 1170. The van der Waals surface area contributed by atoms with Crippen LogP contribution in [0.15, 0.2) is 54.2 Å². The molecule has 0 unspecified atom stereocenters. The van der Waals surface area contributed by atoms with Gasteiger partial charge in [-0.3, -0.25) is 14.6 Å². The fraction of sp³-hybridized carbons (Fsp3) is 0.320. The molecule has 2 aliphatic rings. The number of aromatic nitrogens is 1. The SMILES string of the molecule is O=C(c1ccc(-c2cncs2)cc1)N1CCC2(CC1)CCN(Cc1cc(F)ccc1F)C2=O. The van der Waals surface area contributed by atoms with Gasteiger partial charge in [0.1, 0.15) is 11.6 Å². The summed E-state index contributed by atoms with van der Waals surface area (Å²) in [5.74, 6) is -1.08. The van der Waals surface area contributed by atoms with E-state index in [-0.39, 0.29) is 23.9 Å². The van der Waals surface area contributed by atoms with Crippen molar-refractivity contribution >= 4 is 23.2 Å². The van der Waals surface area contributed by atoms with Crippen molar-refractivity contribution in [1.29, 1.82) is 0 Å². The highest BCUT2D eigenvalue weighted by Crippen LogP contribution is 2.42. The van der Waals surface area contributed by atoms with E-state index in [4.69, 9.17) is 0 Å². The third-order valence-corrected chi connectivity index (χ3v) is 7.65. The summed E-state index contributed by atoms with van der Waals surface area (Å²) in [5.41, 5.74) is 3.10. The third kappa shape index (κ3) is 4.15. The molecule has 0 radical (unpaired) electrons. The minimum Gasteiger partial charge on any atom is -0.339 e. The number of carbonyl (C=O) groups is 2. The molecule has 5 rings (SSSR count). The van der Waals surface area contributed by atoms with Crippen LogP contribution in [0.5, 0.6) is 0 Å². The Morgan fingerprint density at radius 3 is 2.45 bits per heavy atom. The Morgan fingerprint density at radius 2 is 1.76 bits per heavy atom. The average Bonchev–Trinajstić information content (AvgIpc) is 3.47. The summed E-state index contributed by atoms with van der Waals surface area (Å²) in [6.45, 7) is 1.59. The number of amides is 2. The van der Waals surface area contributed by atoms with E-state index in [0.717, 1.165) is 28.6 Å². The van der Waals surface area contributed by atoms with Gasteiger partial charge in [-0.15, -0.1) is 11.3 Å². The van der Waals surface area contributed by atoms with Crippen molar-refractivity contribution in [3.8, 4) is 10.4 Å². The minimum atomic E-state index is -0.517. The number of carbonyl (C=O) groups excluding carboxylic acids is 2. The Hall–Kier alpha value is -3.13. The maximum atomic E-state index is 14.0. The molecule has 3 aromatic rings. The number of rotatable bonds is 4. The first-order chi connectivity index (χ1) is 15.9. The van der Waals surface area contributed by atoms with Gasteiger partial charge in [0.25, 0.3) is 5.91 Å². The Kier molecular flexibility index (Phi) is 5.70. The van der Waals surface area contributed by atoms with Crippen molar-refractivity contribution in [2.45, 2.75) is 25.8 Å². The lowest BCUT2D eigenvalue weighted by molar-refractivity contribution is -0.138. The van der Waals surface area contributed by atoms with Crippen LogP contribution in [-0.2, 0) is 11.3 Å². The van der Waals surface area contributed by atoms with Crippen LogP contribution < -0.4 is 0 Å². The molecule has 0 saturated carbocycles. The second-order valence-electron chi connectivity index (χ2n) is 8.73. The molecule has 2 amide bonds. The number of halogens is 2. The van der Waals surface area contributed by atoms with E-state index in [1.165, 1.54) is 0 Å². The maximum absolute atomic E-state index is 14.0. The summed E-state index contributed by atoms with van der Waals surface area (Å²) in [7, 11) is 0. The molecule has 0 aliphatic carbocycles. The lowest BCUT2D eigenvalue weighted by Crippen LogP contribution is -2.46. The van der Waals surface area contributed by atoms with Crippen LogP contribution in [0.2, 0.25) is 0 Å². The second kappa shape index (κ2) is 8.67. The standard InChI is InChI=1S/C25H23F2N3O2S/c26-20-5-6-21(27)19(13-20)15-30-12-9-25(24(30)32)7-10-29(11-8-25)23(31)18-3-1-17(2-4-18)22-14-28-16-33-22/h1-6,13-14,16H,7-12,15H2. The van der Waals surface area contributed by atoms with Crippen LogP contribution >= 0.6 is 11.3 Å². The van der Waals surface area contributed by atoms with Gasteiger partial charge in [0.15, 0.2) is 0 Å². The largest absolute Gasteiger partial charge is 0.339 e. The summed E-state index contributed by atoms with van der Waals surface area (Å²) >= 11 is 1.55. The summed E-state index contributed by atoms with van der Waals surface area (Å²) in [6, 6.07) is 10.8. The van der Waals surface area contributed by atoms with Gasteiger partial charge >= 0.3 is 0 Å². The topological polar surface area (TPSA) is 53.5 Å². The lowest BCUT2D eigenvalue weighted by atomic mass is 9.77. The molecular formula is C25H23F2N3O2S. The molecule has 1 spiro atoms. The van der Waals surface area contributed by atoms with E-state index < -0.39 is 17.0 Å². The predicted molar refractivity (Wildman–Crippen MR) is 122 cm³/mol. The third-order valence-electron chi connectivity index (χ3n) is 6.83. The van der Waals surface area contributed by atoms with Crippen LogP contribution in [-0.4, -0.2) is 46.2 Å². The Morgan fingerprint density at radius 1 is 1.03 bits per heavy atom. The summed E-state index contributed by atoms with van der Waals surface area (Å²) in [4.78, 5) is 34.7. The quantitative estimate of drug-likeness (QED) is 0.557. The van der Waals surface area contributed by atoms with Gasteiger partial charge < -0.3 is 9.80 Å². The second-order valence-corrected chi connectivity index (χ2v) is 9.61. The van der Waals surface area contributed by atoms with Crippen molar-refractivity contribution < 1.29 is 18.4 Å². The number of piperidine rings is 1. The van der Waals surface area contributed by atoms with E-state index in [0.29, 0.717) is 44.5 Å². The van der Waals surface area contributed by atoms with Crippen molar-refractivity contribution in [3.05, 3.63) is 76.9 Å². The van der Waals surface area contributed by atoms with Crippen molar-refractivity contribution in [2.24, 2.45) is 5.41 Å². The molecule has 2 aliphatic heterocycles. The highest BCUT2D eigenvalue weighted by molar-refractivity contribution is 7.13. The highest BCUT2D eigenvalue weighted by Gasteiger charge is 2.48. The molecule has 0 N–H and O–H groups in total. The normalized spacial score (nSPS) is 17.7. The molecule has 1 aromatic heterocycles. The van der Waals surface area contributed by atoms with Crippen LogP contribution in [0, 0.1) is 17.0 Å². The summed E-state index contributed by atoms with van der Waals surface area (Å²) in [5, 5.41) is 0. The molecule has 2 aromatic carbocycles. The molecule has 3 heterocycles. The summed E-state index contributed by atoms with van der Waals surface area (Å²) in [6.07, 6.45) is 3.64. The van der Waals surface area contributed by atoms with Gasteiger partial charge in [0.05, 0.1) is 15.8 Å². The maximum Gasteiger partial charge on any atom is 0.253 e. The molecule has 8 heteroatoms. The van der Waals surface area contributed by atoms with Gasteiger partial charge in [-0.05, 0) is 55.2 Å². The van der Waals surface area contributed by atoms with E-state index in [9.17, 15) is 18.4 Å². The summed E-state index contributed by atoms with van der Waals surface area (Å²) < 4.78 is 27.5. The number of benzene rings is 2. The lowest BCUT2D eigenvalue weighted by Gasteiger charge is -2.38. The molecule has 2 fully saturated rings. The number of thiazole rings is 1. The molecule has 0 atom stereocenters. The highest BCUT2D eigenvalue weighted by atomic mass is 32.1. The zero-order valence-corrected chi connectivity index (χ0v) is 18.8. The molecular weight excluding hydrogens is 444 g/mol. The zero-order chi connectivity index (χ0) is 23.0. The molecule has 5 nitrogen and oxygen atoms in total. The average molecular weight is 468 g/mol. The number of hydrogen-bond donors (Lipinski definition) is 0. The van der Waals surface area contributed by atoms with E-state index >= 15 is 0 Å². The van der Waals surface area contributed by atoms with Gasteiger partial charge in [-0.25, -0.2) is 8.78 Å². The molecule has 0 bridgehead atoms. The van der Waals surface area contributed by atoms with Gasteiger partial charge in [0, 0.05) is 43.5 Å². The first kappa shape index (κ1) is 21.7. The van der Waals surface area contributed by atoms with Crippen LogP contribution in [0.4, 0.5) is 8.78 Å². The smallest absolute Gasteiger partial charge is 0.253 e. The van der Waals surface area contributed by atoms with Crippen molar-refractivity contribution in [2.75, 3.05) is 19.6 Å². The number of nitrogens with zero attached hydrogens (tertiary/aromatic N) is 3. The van der Waals surface area contributed by atoms with Crippen LogP contribution in [0.25, 0.3) is 10.4 Å². The van der Waals surface area contributed by atoms with E-state index in [2.05, 4.69) is 4.98 Å². The van der Waals surface area contributed by atoms with Crippen molar-refractivity contribution in [3.63, 3.8) is 0 Å². The fourth-order valence-corrected chi connectivity index (χ4v) is 5.46. The number of hydrogen-bond acceptors (Lipinski definition) is 4. The molecule has 2 saturated heterocycles. The monoisotopic (exact) mass is 467 g/mol. The first-order valence-corrected chi connectivity index (χ1v) is 11.8. The van der Waals surface area contributed by atoms with Crippen molar-refractivity contribution in [1.82, 2.24) is 14.8 Å². The fourth-order valence-electron chi connectivity index (χ4n) is 4.83. The number of likely N-dealkylation sites (tertiary alicyclic amines) is 2. The molecule has 170 valence electrons. The van der Waals surface area contributed by atoms with E-state index in [1.54, 1.807) is 32.8 Å². The van der Waals surface area contributed by atoms with Gasteiger partial charge in [-0.2, -0.15) is 0 Å². The van der Waals surface area contributed by atoms with Crippen LogP contribution in [0.3, 0.4) is 0 Å².